The molecule has 4 nitrogen and oxygen atoms in total. The number of halogens is 1. The zero-order valence-corrected chi connectivity index (χ0v) is 13.9. The van der Waals surface area contributed by atoms with Gasteiger partial charge in [0.25, 0.3) is 0 Å². The molecule has 0 aliphatic rings. The molecule has 114 valence electrons. The first-order chi connectivity index (χ1) is 9.37. The van der Waals surface area contributed by atoms with Crippen molar-refractivity contribution in [2.45, 2.75) is 32.4 Å². The lowest BCUT2D eigenvalue weighted by atomic mass is 10.1. The Balaban J connectivity index is 2.05. The highest BCUT2D eigenvalue weighted by molar-refractivity contribution is 9.10. The van der Waals surface area contributed by atoms with E-state index < -0.39 is 6.10 Å². The van der Waals surface area contributed by atoms with Gasteiger partial charge in [-0.15, -0.1) is 0 Å². The molecule has 0 radical (unpaired) electrons. The summed E-state index contributed by atoms with van der Waals surface area (Å²) in [5.74, 6) is 0.812. The molecule has 1 aromatic rings. The van der Waals surface area contributed by atoms with Gasteiger partial charge >= 0.3 is 0 Å². The molecule has 20 heavy (non-hydrogen) atoms. The smallest absolute Gasteiger partial charge is 0.119 e. The Bertz CT molecular complexity index is 376. The Morgan fingerprint density at radius 1 is 1.20 bits per heavy atom. The van der Waals surface area contributed by atoms with E-state index in [2.05, 4.69) is 42.0 Å². The number of benzene rings is 1. The maximum atomic E-state index is 9.73. The Hall–Kier alpha value is -0.620. The van der Waals surface area contributed by atoms with Crippen molar-refractivity contribution in [2.75, 3.05) is 26.4 Å². The first-order valence-corrected chi connectivity index (χ1v) is 7.55. The third kappa shape index (κ3) is 8.53. The lowest BCUT2D eigenvalue weighted by Crippen LogP contribution is -2.42. The number of aliphatic hydroxyl groups excluding tert-OH is 1. The average molecular weight is 346 g/mol. The highest BCUT2D eigenvalue weighted by Gasteiger charge is 2.11. The predicted octanol–water partition coefficient (Wildman–Crippen LogP) is 2.59. The molecule has 0 aliphatic carbocycles. The lowest BCUT2D eigenvalue weighted by Gasteiger charge is -2.22. The van der Waals surface area contributed by atoms with E-state index in [-0.39, 0.29) is 5.54 Å². The summed E-state index contributed by atoms with van der Waals surface area (Å²) in [6.45, 7) is 7.96. The molecule has 0 amide bonds. The van der Waals surface area contributed by atoms with Crippen LogP contribution in [-0.4, -0.2) is 43.1 Å². The van der Waals surface area contributed by atoms with Gasteiger partial charge in [0.2, 0.25) is 0 Å². The Kier molecular flexibility index (Phi) is 7.51. The molecular formula is C15H24BrNO3. The fourth-order valence-corrected chi connectivity index (χ4v) is 1.72. The summed E-state index contributed by atoms with van der Waals surface area (Å²) in [4.78, 5) is 0. The van der Waals surface area contributed by atoms with E-state index in [0.29, 0.717) is 26.4 Å². The summed E-state index contributed by atoms with van der Waals surface area (Å²) in [6.07, 6.45) is -0.498. The zero-order valence-electron chi connectivity index (χ0n) is 12.4. The average Bonchev–Trinajstić information content (AvgIpc) is 2.37. The predicted molar refractivity (Wildman–Crippen MR) is 84.2 cm³/mol. The number of β-amino-alcohol motifs (C(OH)–C–C–N with tert-alkyl or cyclic N) is 1. The van der Waals surface area contributed by atoms with Crippen molar-refractivity contribution in [1.82, 2.24) is 5.32 Å². The normalized spacial score (nSPS) is 13.2. The molecule has 0 spiro atoms. The number of rotatable bonds is 8. The van der Waals surface area contributed by atoms with Crippen LogP contribution in [0.15, 0.2) is 28.7 Å². The van der Waals surface area contributed by atoms with Gasteiger partial charge in [0.1, 0.15) is 12.4 Å². The number of hydrogen-bond donors (Lipinski definition) is 2. The Labute approximate surface area is 129 Å². The molecule has 5 heteroatoms. The second kappa shape index (κ2) is 8.62. The SMILES string of the molecule is CC(C)(C)NCC(O)COCCOc1ccc(Br)cc1. The molecule has 1 unspecified atom stereocenters. The molecule has 0 fully saturated rings. The first kappa shape index (κ1) is 17.4. The van der Waals surface area contributed by atoms with Crippen molar-refractivity contribution >= 4 is 15.9 Å². The van der Waals surface area contributed by atoms with Crippen LogP contribution in [0.3, 0.4) is 0 Å². The van der Waals surface area contributed by atoms with E-state index >= 15 is 0 Å². The van der Waals surface area contributed by atoms with Gasteiger partial charge in [0.05, 0.1) is 19.3 Å². The third-order valence-electron chi connectivity index (χ3n) is 2.49. The fourth-order valence-electron chi connectivity index (χ4n) is 1.45. The minimum atomic E-state index is -0.498. The van der Waals surface area contributed by atoms with Crippen LogP contribution in [0.4, 0.5) is 0 Å². The monoisotopic (exact) mass is 345 g/mol. The molecule has 0 heterocycles. The fraction of sp³-hybridized carbons (Fsp3) is 0.600. The molecule has 0 saturated heterocycles. The van der Waals surface area contributed by atoms with Crippen molar-refractivity contribution < 1.29 is 14.6 Å². The van der Waals surface area contributed by atoms with E-state index in [0.717, 1.165) is 10.2 Å². The van der Waals surface area contributed by atoms with Crippen LogP contribution in [-0.2, 0) is 4.74 Å². The van der Waals surface area contributed by atoms with Crippen LogP contribution in [0.5, 0.6) is 5.75 Å². The van der Waals surface area contributed by atoms with Gasteiger partial charge in [-0.1, -0.05) is 15.9 Å². The summed E-state index contributed by atoms with van der Waals surface area (Å²) in [6, 6.07) is 7.65. The molecule has 1 atom stereocenters. The highest BCUT2D eigenvalue weighted by Crippen LogP contribution is 2.15. The number of aliphatic hydroxyl groups is 1. The molecule has 2 N–H and O–H groups in total. The van der Waals surface area contributed by atoms with E-state index in [1.54, 1.807) is 0 Å². The van der Waals surface area contributed by atoms with E-state index in [1.165, 1.54) is 0 Å². The Morgan fingerprint density at radius 2 is 1.85 bits per heavy atom. The maximum Gasteiger partial charge on any atom is 0.119 e. The van der Waals surface area contributed by atoms with Crippen molar-refractivity contribution in [2.24, 2.45) is 0 Å². The number of hydrogen-bond acceptors (Lipinski definition) is 4. The number of ether oxygens (including phenoxy) is 2. The first-order valence-electron chi connectivity index (χ1n) is 6.76. The summed E-state index contributed by atoms with van der Waals surface area (Å²) in [7, 11) is 0. The third-order valence-corrected chi connectivity index (χ3v) is 3.02. The van der Waals surface area contributed by atoms with Gasteiger partial charge in [-0.25, -0.2) is 0 Å². The van der Waals surface area contributed by atoms with E-state index in [9.17, 15) is 5.11 Å². The standard InChI is InChI=1S/C15H24BrNO3/c1-15(2,3)17-10-13(18)11-19-8-9-20-14-6-4-12(16)5-7-14/h4-7,13,17-18H,8-11H2,1-3H3. The van der Waals surface area contributed by atoms with Crippen molar-refractivity contribution in [3.05, 3.63) is 28.7 Å². The second-order valence-electron chi connectivity index (χ2n) is 5.66. The Morgan fingerprint density at radius 3 is 2.45 bits per heavy atom. The molecule has 1 rings (SSSR count). The number of nitrogens with one attached hydrogen (secondary N) is 1. The zero-order chi connectivity index (χ0) is 15.0. The van der Waals surface area contributed by atoms with Gasteiger partial charge < -0.3 is 19.9 Å². The molecule has 0 aliphatic heterocycles. The molecule has 0 aromatic heterocycles. The lowest BCUT2D eigenvalue weighted by molar-refractivity contribution is 0.0227. The van der Waals surface area contributed by atoms with Crippen molar-refractivity contribution in [3.63, 3.8) is 0 Å². The largest absolute Gasteiger partial charge is 0.491 e. The van der Waals surface area contributed by atoms with Gasteiger partial charge in [0, 0.05) is 16.6 Å². The summed E-state index contributed by atoms with van der Waals surface area (Å²) in [5, 5.41) is 13.0. The quantitative estimate of drug-likeness (QED) is 0.711. The van der Waals surface area contributed by atoms with Gasteiger partial charge in [-0.3, -0.25) is 0 Å². The van der Waals surface area contributed by atoms with Crippen LogP contribution in [0.25, 0.3) is 0 Å². The molecular weight excluding hydrogens is 322 g/mol. The van der Waals surface area contributed by atoms with Crippen LogP contribution in [0.1, 0.15) is 20.8 Å². The van der Waals surface area contributed by atoms with Gasteiger partial charge in [0.15, 0.2) is 0 Å². The topological polar surface area (TPSA) is 50.7 Å². The maximum absolute atomic E-state index is 9.73. The summed E-state index contributed by atoms with van der Waals surface area (Å²) >= 11 is 3.37. The van der Waals surface area contributed by atoms with Crippen LogP contribution in [0.2, 0.25) is 0 Å². The van der Waals surface area contributed by atoms with E-state index in [4.69, 9.17) is 9.47 Å². The molecule has 0 saturated carbocycles. The minimum Gasteiger partial charge on any atom is -0.491 e. The molecule has 1 aromatic carbocycles. The van der Waals surface area contributed by atoms with Crippen molar-refractivity contribution in [3.8, 4) is 5.75 Å². The van der Waals surface area contributed by atoms with Gasteiger partial charge in [-0.2, -0.15) is 0 Å². The summed E-state index contributed by atoms with van der Waals surface area (Å²) < 4.78 is 11.9. The van der Waals surface area contributed by atoms with E-state index in [1.807, 2.05) is 24.3 Å². The minimum absolute atomic E-state index is 0.00563. The molecule has 0 bridgehead atoms. The second-order valence-corrected chi connectivity index (χ2v) is 6.58. The highest BCUT2D eigenvalue weighted by atomic mass is 79.9. The van der Waals surface area contributed by atoms with Crippen LogP contribution >= 0.6 is 15.9 Å². The summed E-state index contributed by atoms with van der Waals surface area (Å²) in [5.41, 5.74) is 0.00563. The van der Waals surface area contributed by atoms with Crippen molar-refractivity contribution in [1.29, 1.82) is 0 Å². The van der Waals surface area contributed by atoms with Crippen LogP contribution in [0, 0.1) is 0 Å². The van der Waals surface area contributed by atoms with Gasteiger partial charge in [-0.05, 0) is 45.0 Å². The van der Waals surface area contributed by atoms with Crippen LogP contribution < -0.4 is 10.1 Å².